The van der Waals surface area contributed by atoms with E-state index in [4.69, 9.17) is 0 Å². The lowest BCUT2D eigenvalue weighted by atomic mass is 9.56. The van der Waals surface area contributed by atoms with Crippen molar-refractivity contribution in [2.45, 2.75) is 44.9 Å². The molecule has 0 saturated heterocycles. The standard InChI is InChI=1S/C23H24O2/c24-22(25)23-13-4-3-7-21(23)20-11-10-17-16-6-2-1-5-15(16)8-9-18(17)19(20)12-14-23/h1-2,5-6,8,10-11,18-19H,3-4,7,9,12-14H2,(H,24,25). The van der Waals surface area contributed by atoms with E-state index in [2.05, 4.69) is 42.5 Å². The van der Waals surface area contributed by atoms with Crippen LogP contribution in [0.3, 0.4) is 0 Å². The number of carboxylic acids is 1. The molecule has 3 unspecified atom stereocenters. The zero-order chi connectivity index (χ0) is 17.0. The number of hydrogen-bond donors (Lipinski definition) is 1. The second-order valence-electron chi connectivity index (χ2n) is 8.10. The second kappa shape index (κ2) is 5.45. The Balaban J connectivity index is 1.71. The van der Waals surface area contributed by atoms with Crippen LogP contribution < -0.4 is 10.4 Å². The summed E-state index contributed by atoms with van der Waals surface area (Å²) < 4.78 is 0. The molecule has 1 aromatic carbocycles. The van der Waals surface area contributed by atoms with Gasteiger partial charge in [0.05, 0.1) is 5.41 Å². The molecule has 2 heteroatoms. The number of aliphatic carboxylic acids is 1. The molecule has 0 spiro atoms. The minimum absolute atomic E-state index is 0.505. The minimum Gasteiger partial charge on any atom is -0.481 e. The van der Waals surface area contributed by atoms with Gasteiger partial charge >= 0.3 is 5.97 Å². The van der Waals surface area contributed by atoms with Crippen molar-refractivity contribution in [3.05, 3.63) is 58.0 Å². The highest BCUT2D eigenvalue weighted by Crippen LogP contribution is 2.55. The first kappa shape index (κ1) is 15.2. The predicted molar refractivity (Wildman–Crippen MR) is 99.1 cm³/mol. The zero-order valence-corrected chi connectivity index (χ0v) is 14.5. The Bertz CT molecular complexity index is 933. The Morgan fingerprint density at radius 2 is 1.88 bits per heavy atom. The molecule has 1 aromatic rings. The van der Waals surface area contributed by atoms with Gasteiger partial charge in [-0.15, -0.1) is 0 Å². The second-order valence-corrected chi connectivity index (χ2v) is 8.10. The van der Waals surface area contributed by atoms with Gasteiger partial charge in [0.25, 0.3) is 0 Å². The van der Waals surface area contributed by atoms with Crippen LogP contribution in [-0.2, 0) is 4.79 Å². The van der Waals surface area contributed by atoms with Crippen molar-refractivity contribution in [3.63, 3.8) is 0 Å². The average Bonchev–Trinajstić information content (AvgIpc) is 2.66. The van der Waals surface area contributed by atoms with Crippen LogP contribution in [0.5, 0.6) is 0 Å². The van der Waals surface area contributed by atoms with E-state index in [1.165, 1.54) is 27.2 Å². The van der Waals surface area contributed by atoms with Gasteiger partial charge in [0, 0.05) is 0 Å². The summed E-state index contributed by atoms with van der Waals surface area (Å²) in [5, 5.41) is 12.7. The van der Waals surface area contributed by atoms with E-state index in [1.54, 1.807) is 0 Å². The van der Waals surface area contributed by atoms with Gasteiger partial charge in [-0.3, -0.25) is 4.79 Å². The van der Waals surface area contributed by atoms with Gasteiger partial charge in [0.1, 0.15) is 0 Å². The Morgan fingerprint density at radius 1 is 1.04 bits per heavy atom. The van der Waals surface area contributed by atoms with Crippen LogP contribution in [0.2, 0.25) is 0 Å². The van der Waals surface area contributed by atoms with Crippen LogP contribution in [0.1, 0.15) is 44.9 Å². The summed E-state index contributed by atoms with van der Waals surface area (Å²) in [6.07, 6.45) is 13.9. The van der Waals surface area contributed by atoms with Crippen molar-refractivity contribution in [1.82, 2.24) is 0 Å². The molecule has 1 N–H and O–H groups in total. The number of hydrogen-bond acceptors (Lipinski definition) is 1. The summed E-state index contributed by atoms with van der Waals surface area (Å²) in [4.78, 5) is 12.2. The molecule has 0 aromatic heterocycles. The molecule has 25 heavy (non-hydrogen) atoms. The SMILES string of the molecule is O=C(O)C12CCCCC1=C1C=CC3=c4ccccc4=CCC3C1CC2. The molecule has 0 heterocycles. The molecular formula is C23H24O2. The van der Waals surface area contributed by atoms with Gasteiger partial charge in [0.15, 0.2) is 0 Å². The molecule has 1 saturated carbocycles. The molecule has 0 radical (unpaired) electrons. The van der Waals surface area contributed by atoms with Crippen LogP contribution in [0.25, 0.3) is 11.6 Å². The Labute approximate surface area is 148 Å². The van der Waals surface area contributed by atoms with Crippen molar-refractivity contribution < 1.29 is 9.90 Å². The van der Waals surface area contributed by atoms with Crippen LogP contribution in [0.15, 0.2) is 47.6 Å². The lowest BCUT2D eigenvalue weighted by Gasteiger charge is -2.47. The highest BCUT2D eigenvalue weighted by Gasteiger charge is 2.49. The lowest BCUT2D eigenvalue weighted by Crippen LogP contribution is -2.43. The summed E-state index contributed by atoms with van der Waals surface area (Å²) in [5.41, 5.74) is 3.53. The first-order valence-electron chi connectivity index (χ1n) is 9.65. The molecular weight excluding hydrogens is 308 g/mol. The molecule has 2 nitrogen and oxygen atoms in total. The Hall–Kier alpha value is -2.09. The fourth-order valence-corrected chi connectivity index (χ4v) is 5.87. The fraction of sp³-hybridized carbons (Fsp3) is 0.435. The third-order valence-corrected chi connectivity index (χ3v) is 7.09. The van der Waals surface area contributed by atoms with Crippen molar-refractivity contribution in [2.75, 3.05) is 0 Å². The maximum atomic E-state index is 12.2. The monoisotopic (exact) mass is 332 g/mol. The van der Waals surface area contributed by atoms with Crippen LogP contribution in [0.4, 0.5) is 0 Å². The molecule has 3 atom stereocenters. The van der Waals surface area contributed by atoms with E-state index in [0.29, 0.717) is 11.8 Å². The van der Waals surface area contributed by atoms with E-state index in [1.807, 2.05) is 0 Å². The van der Waals surface area contributed by atoms with Crippen LogP contribution in [0, 0.1) is 17.3 Å². The number of fused-ring (bicyclic) bond motifs is 5. The summed E-state index contributed by atoms with van der Waals surface area (Å²) in [7, 11) is 0. The van der Waals surface area contributed by atoms with Crippen molar-refractivity contribution >= 4 is 17.6 Å². The van der Waals surface area contributed by atoms with Crippen molar-refractivity contribution in [2.24, 2.45) is 17.3 Å². The molecule has 4 aliphatic carbocycles. The number of rotatable bonds is 1. The molecule has 4 aliphatic rings. The maximum absolute atomic E-state index is 12.2. The smallest absolute Gasteiger partial charge is 0.313 e. The third kappa shape index (κ3) is 2.06. The van der Waals surface area contributed by atoms with E-state index in [-0.39, 0.29) is 0 Å². The quantitative estimate of drug-likeness (QED) is 0.854. The largest absolute Gasteiger partial charge is 0.481 e. The maximum Gasteiger partial charge on any atom is 0.313 e. The van der Waals surface area contributed by atoms with Crippen LogP contribution >= 0.6 is 0 Å². The van der Waals surface area contributed by atoms with Gasteiger partial charge in [-0.25, -0.2) is 0 Å². The summed E-state index contributed by atoms with van der Waals surface area (Å²) >= 11 is 0. The highest BCUT2D eigenvalue weighted by molar-refractivity contribution is 5.81. The molecule has 0 aliphatic heterocycles. The topological polar surface area (TPSA) is 37.3 Å². The van der Waals surface area contributed by atoms with Crippen molar-refractivity contribution in [1.29, 1.82) is 0 Å². The molecule has 5 rings (SSSR count). The lowest BCUT2D eigenvalue weighted by molar-refractivity contribution is -0.148. The molecule has 0 bridgehead atoms. The van der Waals surface area contributed by atoms with E-state index < -0.39 is 11.4 Å². The Kier molecular flexibility index (Phi) is 3.31. The molecule has 128 valence electrons. The number of benzene rings is 1. The zero-order valence-electron chi connectivity index (χ0n) is 14.5. The minimum atomic E-state index is -0.586. The van der Waals surface area contributed by atoms with Gasteiger partial charge in [-0.1, -0.05) is 48.9 Å². The Morgan fingerprint density at radius 3 is 2.76 bits per heavy atom. The van der Waals surface area contributed by atoms with E-state index in [9.17, 15) is 9.90 Å². The molecule has 1 fully saturated rings. The first-order chi connectivity index (χ1) is 12.2. The normalized spacial score (nSPS) is 32.9. The fourth-order valence-electron chi connectivity index (χ4n) is 5.87. The predicted octanol–water partition coefficient (Wildman–Crippen LogP) is 3.56. The van der Waals surface area contributed by atoms with Gasteiger partial charge in [-0.2, -0.15) is 0 Å². The van der Waals surface area contributed by atoms with Gasteiger partial charge in [0.2, 0.25) is 0 Å². The van der Waals surface area contributed by atoms with E-state index in [0.717, 1.165) is 44.9 Å². The first-order valence-corrected chi connectivity index (χ1v) is 9.65. The van der Waals surface area contributed by atoms with Crippen molar-refractivity contribution in [3.8, 4) is 0 Å². The summed E-state index contributed by atoms with van der Waals surface area (Å²) in [6, 6.07) is 8.68. The van der Waals surface area contributed by atoms with Crippen LogP contribution in [-0.4, -0.2) is 11.1 Å². The summed E-state index contributed by atoms with van der Waals surface area (Å²) in [6.45, 7) is 0. The summed E-state index contributed by atoms with van der Waals surface area (Å²) in [5.74, 6) is 0.443. The average molecular weight is 332 g/mol. The van der Waals surface area contributed by atoms with Gasteiger partial charge in [-0.05, 0) is 77.5 Å². The number of carbonyl (C=O) groups is 1. The number of allylic oxidation sites excluding steroid dienone is 3. The third-order valence-electron chi connectivity index (χ3n) is 7.09. The van der Waals surface area contributed by atoms with E-state index >= 15 is 0 Å². The van der Waals surface area contributed by atoms with Gasteiger partial charge < -0.3 is 5.11 Å². The highest BCUT2D eigenvalue weighted by atomic mass is 16.4. The molecule has 0 amide bonds. The number of carboxylic acid groups (broad SMARTS) is 1.